The average Bonchev–Trinajstić information content (AvgIpc) is 3.05. The summed E-state index contributed by atoms with van der Waals surface area (Å²) in [6, 6.07) is 0. The molecule has 1 N–H and O–H groups in total. The summed E-state index contributed by atoms with van der Waals surface area (Å²) in [6.45, 7) is 12.1. The first kappa shape index (κ1) is 46.4. The molecule has 0 saturated carbocycles. The predicted molar refractivity (Wildman–Crippen MR) is 209 cm³/mol. The molecule has 0 fully saturated rings. The van der Waals surface area contributed by atoms with Crippen LogP contribution in [-0.2, 0) is 9.47 Å². The number of rotatable bonds is 38. The minimum absolute atomic E-state index is 0.133. The monoisotopic (exact) mass is 663 g/mol. The van der Waals surface area contributed by atoms with Crippen molar-refractivity contribution in [1.29, 1.82) is 0 Å². The fourth-order valence-corrected chi connectivity index (χ4v) is 6.08. The Labute approximate surface area is 296 Å². The highest BCUT2D eigenvalue weighted by Gasteiger charge is 2.23. The minimum Gasteiger partial charge on any atom is -0.390 e. The van der Waals surface area contributed by atoms with Gasteiger partial charge in [0.2, 0.25) is 0 Å². The molecule has 0 aliphatic carbocycles. The highest BCUT2D eigenvalue weighted by Crippen LogP contribution is 2.23. The number of aliphatic hydroxyl groups is 1. The maximum absolute atomic E-state index is 10.4. The molecule has 0 aromatic heterocycles. The summed E-state index contributed by atoms with van der Waals surface area (Å²) >= 11 is 0. The van der Waals surface area contributed by atoms with E-state index in [9.17, 15) is 5.11 Å². The molecule has 0 aromatic rings. The van der Waals surface area contributed by atoms with Gasteiger partial charge in [-0.3, -0.25) is 0 Å². The second-order valence-electron chi connectivity index (χ2n) is 15.2. The molecule has 3 nitrogen and oxygen atoms in total. The van der Waals surface area contributed by atoms with Crippen LogP contribution in [0.15, 0.2) is 24.3 Å². The molecule has 0 amide bonds. The SMILES string of the molecule is CCCCCCCC/C=C\CCCCCCCCOC(CCC(C)C(C)(C)O)OCCCCCCCC/C=C\CCCCCCCC. The molecule has 0 rings (SSSR count). The molecule has 280 valence electrons. The highest BCUT2D eigenvalue weighted by atomic mass is 16.7. The third-order valence-electron chi connectivity index (χ3n) is 9.96. The van der Waals surface area contributed by atoms with E-state index in [-0.39, 0.29) is 12.2 Å². The van der Waals surface area contributed by atoms with Gasteiger partial charge in [-0.15, -0.1) is 0 Å². The van der Waals surface area contributed by atoms with Crippen molar-refractivity contribution in [3.05, 3.63) is 24.3 Å². The van der Waals surface area contributed by atoms with Crippen molar-refractivity contribution >= 4 is 0 Å². The number of unbranched alkanes of at least 4 members (excludes halogenated alkanes) is 24. The molecule has 0 aliphatic heterocycles. The molecular weight excluding hydrogens is 576 g/mol. The zero-order valence-corrected chi connectivity index (χ0v) is 32.9. The average molecular weight is 663 g/mol. The molecule has 0 radical (unpaired) electrons. The number of hydrogen-bond donors (Lipinski definition) is 1. The first-order valence-electron chi connectivity index (χ1n) is 21.2. The van der Waals surface area contributed by atoms with Crippen LogP contribution in [0.1, 0.15) is 227 Å². The Kier molecular flexibility index (Phi) is 36.1. The summed E-state index contributed by atoms with van der Waals surface area (Å²) in [7, 11) is 0. The van der Waals surface area contributed by atoms with E-state index in [2.05, 4.69) is 45.1 Å². The van der Waals surface area contributed by atoms with Gasteiger partial charge in [0.1, 0.15) is 0 Å². The van der Waals surface area contributed by atoms with Gasteiger partial charge >= 0.3 is 0 Å². The summed E-state index contributed by atoms with van der Waals surface area (Å²) in [5.41, 5.74) is -0.655. The first-order valence-corrected chi connectivity index (χ1v) is 21.2. The van der Waals surface area contributed by atoms with Gasteiger partial charge in [-0.25, -0.2) is 0 Å². The summed E-state index contributed by atoms with van der Waals surface area (Å²) in [4.78, 5) is 0. The number of allylic oxidation sites excluding steroid dienone is 4. The van der Waals surface area contributed by atoms with Gasteiger partial charge in [0.05, 0.1) is 5.60 Å². The second-order valence-corrected chi connectivity index (χ2v) is 15.2. The molecule has 0 bridgehead atoms. The summed E-state index contributed by atoms with van der Waals surface area (Å²) in [6.07, 6.45) is 48.4. The van der Waals surface area contributed by atoms with Crippen LogP contribution in [0.25, 0.3) is 0 Å². The van der Waals surface area contributed by atoms with E-state index in [1.165, 1.54) is 167 Å². The lowest BCUT2D eigenvalue weighted by Gasteiger charge is -2.27. The normalized spacial score (nSPS) is 13.2. The molecule has 47 heavy (non-hydrogen) atoms. The van der Waals surface area contributed by atoms with Crippen LogP contribution >= 0.6 is 0 Å². The van der Waals surface area contributed by atoms with Crippen LogP contribution in [0, 0.1) is 5.92 Å². The van der Waals surface area contributed by atoms with Gasteiger partial charge < -0.3 is 14.6 Å². The van der Waals surface area contributed by atoms with Crippen molar-refractivity contribution in [3.63, 3.8) is 0 Å². The molecule has 0 saturated heterocycles. The molecule has 0 aromatic carbocycles. The summed E-state index contributed by atoms with van der Waals surface area (Å²) < 4.78 is 12.5. The lowest BCUT2D eigenvalue weighted by molar-refractivity contribution is -0.151. The van der Waals surface area contributed by atoms with E-state index < -0.39 is 5.60 Å². The molecular formula is C44H86O3. The molecule has 0 aliphatic rings. The third kappa shape index (κ3) is 36.5. The third-order valence-corrected chi connectivity index (χ3v) is 9.96. The maximum Gasteiger partial charge on any atom is 0.157 e. The minimum atomic E-state index is -0.655. The van der Waals surface area contributed by atoms with Gasteiger partial charge in [0.15, 0.2) is 6.29 Å². The largest absolute Gasteiger partial charge is 0.390 e. The Balaban J connectivity index is 3.87. The maximum atomic E-state index is 10.4. The van der Waals surface area contributed by atoms with E-state index in [0.717, 1.165) is 38.9 Å². The molecule has 0 spiro atoms. The van der Waals surface area contributed by atoms with Crippen LogP contribution in [0.5, 0.6) is 0 Å². The molecule has 0 heterocycles. The number of ether oxygens (including phenoxy) is 2. The lowest BCUT2D eigenvalue weighted by atomic mass is 9.89. The first-order chi connectivity index (χ1) is 22.9. The smallest absolute Gasteiger partial charge is 0.157 e. The van der Waals surface area contributed by atoms with E-state index in [1.807, 2.05) is 13.8 Å². The lowest BCUT2D eigenvalue weighted by Crippen LogP contribution is -2.30. The standard InChI is InChI=1S/C44H86O3/c1-6-8-10-12-14-16-18-20-22-24-26-28-30-32-34-36-40-46-43(39-38-42(3)44(4,5)45)47-41-37-35-33-31-29-27-25-23-21-19-17-15-13-11-9-7-2/h20-23,42-43,45H,6-19,24-41H2,1-5H3/b22-20-,23-21-. The van der Waals surface area contributed by atoms with Gasteiger partial charge in [-0.2, -0.15) is 0 Å². The Morgan fingerprint density at radius 1 is 0.447 bits per heavy atom. The van der Waals surface area contributed by atoms with Crippen LogP contribution in [0.2, 0.25) is 0 Å². The van der Waals surface area contributed by atoms with Crippen molar-refractivity contribution in [2.24, 2.45) is 5.92 Å². The quantitative estimate of drug-likeness (QED) is 0.0406. The van der Waals surface area contributed by atoms with Crippen LogP contribution in [0.3, 0.4) is 0 Å². The van der Waals surface area contributed by atoms with Crippen LogP contribution < -0.4 is 0 Å². The van der Waals surface area contributed by atoms with Crippen molar-refractivity contribution in [2.75, 3.05) is 13.2 Å². The fraction of sp³-hybridized carbons (Fsp3) is 0.909. The van der Waals surface area contributed by atoms with Crippen molar-refractivity contribution in [1.82, 2.24) is 0 Å². The zero-order valence-electron chi connectivity index (χ0n) is 32.9. The van der Waals surface area contributed by atoms with Gasteiger partial charge in [0.25, 0.3) is 0 Å². The Bertz CT molecular complexity index is 605. The van der Waals surface area contributed by atoms with E-state index in [4.69, 9.17) is 9.47 Å². The summed E-state index contributed by atoms with van der Waals surface area (Å²) in [5.74, 6) is 0.230. The van der Waals surface area contributed by atoms with Gasteiger partial charge in [-0.05, 0) is 96.8 Å². The second kappa shape index (κ2) is 36.6. The fourth-order valence-electron chi connectivity index (χ4n) is 6.08. The predicted octanol–water partition coefficient (Wildman–Crippen LogP) is 14.6. The van der Waals surface area contributed by atoms with Gasteiger partial charge in [-0.1, -0.05) is 161 Å². The van der Waals surface area contributed by atoms with E-state index >= 15 is 0 Å². The topological polar surface area (TPSA) is 38.7 Å². The van der Waals surface area contributed by atoms with Crippen molar-refractivity contribution in [2.45, 2.75) is 239 Å². The Hall–Kier alpha value is -0.640. The highest BCUT2D eigenvalue weighted by molar-refractivity contribution is 4.82. The van der Waals surface area contributed by atoms with Crippen molar-refractivity contribution in [3.8, 4) is 0 Å². The Morgan fingerprint density at radius 3 is 1.06 bits per heavy atom. The number of hydrogen-bond acceptors (Lipinski definition) is 3. The molecule has 1 unspecified atom stereocenters. The molecule has 1 atom stereocenters. The Morgan fingerprint density at radius 2 is 0.745 bits per heavy atom. The van der Waals surface area contributed by atoms with E-state index in [1.54, 1.807) is 0 Å². The summed E-state index contributed by atoms with van der Waals surface area (Å²) in [5, 5.41) is 10.4. The van der Waals surface area contributed by atoms with Crippen LogP contribution in [0.4, 0.5) is 0 Å². The molecule has 3 heteroatoms. The van der Waals surface area contributed by atoms with Crippen molar-refractivity contribution < 1.29 is 14.6 Å². The van der Waals surface area contributed by atoms with E-state index in [0.29, 0.717) is 0 Å². The zero-order chi connectivity index (χ0) is 34.5. The van der Waals surface area contributed by atoms with Gasteiger partial charge in [0, 0.05) is 13.2 Å². The van der Waals surface area contributed by atoms with Crippen LogP contribution in [-0.4, -0.2) is 30.2 Å².